The molecule has 1 fully saturated rings. The lowest BCUT2D eigenvalue weighted by molar-refractivity contribution is 0.158. The lowest BCUT2D eigenvalue weighted by atomic mass is 10.0. The number of oxazole rings is 1. The van der Waals surface area contributed by atoms with Gasteiger partial charge in [0.1, 0.15) is 5.76 Å². The van der Waals surface area contributed by atoms with E-state index in [1.54, 1.807) is 6.20 Å². The molecule has 1 aromatic heterocycles. The molecule has 1 N–H and O–H groups in total. The van der Waals surface area contributed by atoms with Gasteiger partial charge in [-0.3, -0.25) is 4.90 Å². The van der Waals surface area contributed by atoms with E-state index >= 15 is 0 Å². The fraction of sp³-hybridized carbons (Fsp3) is 0.769. The van der Waals surface area contributed by atoms with Gasteiger partial charge in [0.05, 0.1) is 12.2 Å². The average molecular weight is 237 g/mol. The Morgan fingerprint density at radius 3 is 2.94 bits per heavy atom. The molecule has 0 saturated carbocycles. The number of nitrogens with one attached hydrogen (secondary N) is 1. The van der Waals surface area contributed by atoms with Gasteiger partial charge < -0.3 is 9.73 Å². The van der Waals surface area contributed by atoms with E-state index in [9.17, 15) is 0 Å². The van der Waals surface area contributed by atoms with E-state index in [1.807, 2.05) is 6.92 Å². The zero-order valence-corrected chi connectivity index (χ0v) is 11.3. The highest BCUT2D eigenvalue weighted by Gasteiger charge is 2.28. The maximum Gasteiger partial charge on any atom is 0.211 e. The summed E-state index contributed by atoms with van der Waals surface area (Å²) in [7, 11) is 0. The van der Waals surface area contributed by atoms with Crippen molar-refractivity contribution >= 4 is 0 Å². The maximum atomic E-state index is 5.63. The molecular weight excluding hydrogens is 214 g/mol. The van der Waals surface area contributed by atoms with E-state index < -0.39 is 0 Å². The van der Waals surface area contributed by atoms with Crippen LogP contribution in [0.5, 0.6) is 0 Å². The summed E-state index contributed by atoms with van der Waals surface area (Å²) in [4.78, 5) is 6.79. The summed E-state index contributed by atoms with van der Waals surface area (Å²) < 4.78 is 5.63. The Hall–Kier alpha value is -0.870. The molecule has 1 aromatic rings. The second-order valence-electron chi connectivity index (χ2n) is 5.62. The molecule has 17 heavy (non-hydrogen) atoms. The van der Waals surface area contributed by atoms with Crippen molar-refractivity contribution in [3.05, 3.63) is 17.8 Å². The highest BCUT2D eigenvalue weighted by atomic mass is 16.4. The average Bonchev–Trinajstić information content (AvgIpc) is 2.59. The topological polar surface area (TPSA) is 41.3 Å². The molecule has 0 radical (unpaired) electrons. The number of rotatable bonds is 2. The third kappa shape index (κ3) is 3.07. The predicted octanol–water partition coefficient (Wildman–Crippen LogP) is 2.12. The number of hydrogen-bond donors (Lipinski definition) is 1. The standard InChI is InChI=1S/C13H23N3O/c1-10-8-14-12(17-10)11(2)16-7-5-6-15-13(3,4)9-16/h8,11,15H,5-7,9H2,1-4H3. The van der Waals surface area contributed by atoms with Crippen LogP contribution in [0.4, 0.5) is 0 Å². The quantitative estimate of drug-likeness (QED) is 0.855. The zero-order valence-electron chi connectivity index (χ0n) is 11.3. The van der Waals surface area contributed by atoms with Gasteiger partial charge in [-0.05, 0) is 40.7 Å². The first-order valence-electron chi connectivity index (χ1n) is 6.39. The summed E-state index contributed by atoms with van der Waals surface area (Å²) >= 11 is 0. The van der Waals surface area contributed by atoms with E-state index in [2.05, 4.69) is 36.0 Å². The number of aryl methyl sites for hydroxylation is 1. The fourth-order valence-electron chi connectivity index (χ4n) is 2.40. The van der Waals surface area contributed by atoms with E-state index in [4.69, 9.17) is 4.42 Å². The Bertz CT molecular complexity index is 372. The van der Waals surface area contributed by atoms with Crippen LogP contribution in [0.1, 0.15) is 44.9 Å². The minimum absolute atomic E-state index is 0.159. The Morgan fingerprint density at radius 2 is 2.29 bits per heavy atom. The lowest BCUT2D eigenvalue weighted by Crippen LogP contribution is -2.46. The highest BCUT2D eigenvalue weighted by molar-refractivity contribution is 4.97. The fourth-order valence-corrected chi connectivity index (χ4v) is 2.40. The molecule has 0 aromatic carbocycles. The van der Waals surface area contributed by atoms with Crippen molar-refractivity contribution < 1.29 is 4.42 Å². The van der Waals surface area contributed by atoms with Crippen LogP contribution in [0.25, 0.3) is 0 Å². The molecular formula is C13H23N3O. The molecule has 1 saturated heterocycles. The molecule has 0 amide bonds. The largest absolute Gasteiger partial charge is 0.444 e. The summed E-state index contributed by atoms with van der Waals surface area (Å²) in [5, 5.41) is 3.57. The van der Waals surface area contributed by atoms with Gasteiger partial charge >= 0.3 is 0 Å². The summed E-state index contributed by atoms with van der Waals surface area (Å²) in [6.45, 7) is 11.8. The zero-order chi connectivity index (χ0) is 12.5. The van der Waals surface area contributed by atoms with Crippen LogP contribution in [0.3, 0.4) is 0 Å². The first-order valence-corrected chi connectivity index (χ1v) is 6.39. The van der Waals surface area contributed by atoms with Crippen molar-refractivity contribution in [1.29, 1.82) is 0 Å². The molecule has 1 atom stereocenters. The van der Waals surface area contributed by atoms with Crippen molar-refractivity contribution in [2.75, 3.05) is 19.6 Å². The summed E-state index contributed by atoms with van der Waals surface area (Å²) in [6, 6.07) is 0.253. The molecule has 0 bridgehead atoms. The van der Waals surface area contributed by atoms with Crippen LogP contribution in [0.2, 0.25) is 0 Å². The van der Waals surface area contributed by atoms with Crippen molar-refractivity contribution in [2.45, 2.75) is 45.7 Å². The van der Waals surface area contributed by atoms with Gasteiger partial charge in [-0.15, -0.1) is 0 Å². The van der Waals surface area contributed by atoms with Gasteiger partial charge in [0.2, 0.25) is 5.89 Å². The maximum absolute atomic E-state index is 5.63. The molecule has 1 unspecified atom stereocenters. The monoisotopic (exact) mass is 237 g/mol. The Labute approximate surface area is 103 Å². The second-order valence-corrected chi connectivity index (χ2v) is 5.62. The van der Waals surface area contributed by atoms with E-state index in [1.165, 1.54) is 6.42 Å². The minimum atomic E-state index is 0.159. The first kappa shape index (κ1) is 12.6. The molecule has 0 spiro atoms. The van der Waals surface area contributed by atoms with Crippen LogP contribution >= 0.6 is 0 Å². The molecule has 2 heterocycles. The third-order valence-electron chi connectivity index (χ3n) is 3.37. The van der Waals surface area contributed by atoms with Crippen LogP contribution in [0, 0.1) is 6.92 Å². The third-order valence-corrected chi connectivity index (χ3v) is 3.37. The first-order chi connectivity index (χ1) is 7.98. The number of nitrogens with zero attached hydrogens (tertiary/aromatic N) is 2. The van der Waals surface area contributed by atoms with Gasteiger partial charge in [-0.25, -0.2) is 4.98 Å². The molecule has 2 rings (SSSR count). The van der Waals surface area contributed by atoms with Gasteiger partial charge in [0, 0.05) is 18.6 Å². The van der Waals surface area contributed by atoms with Gasteiger partial charge in [-0.1, -0.05) is 0 Å². The van der Waals surface area contributed by atoms with Crippen molar-refractivity contribution in [3.8, 4) is 0 Å². The Morgan fingerprint density at radius 1 is 1.53 bits per heavy atom. The van der Waals surface area contributed by atoms with Crippen LogP contribution in [0.15, 0.2) is 10.6 Å². The van der Waals surface area contributed by atoms with Crippen molar-refractivity contribution in [1.82, 2.24) is 15.2 Å². The van der Waals surface area contributed by atoms with Gasteiger partial charge in [0.25, 0.3) is 0 Å². The van der Waals surface area contributed by atoms with E-state index in [0.717, 1.165) is 31.3 Å². The number of hydrogen-bond acceptors (Lipinski definition) is 4. The summed E-state index contributed by atoms with van der Waals surface area (Å²) in [6.07, 6.45) is 2.97. The molecule has 96 valence electrons. The lowest BCUT2D eigenvalue weighted by Gasteiger charge is -2.32. The van der Waals surface area contributed by atoms with Crippen LogP contribution < -0.4 is 5.32 Å². The van der Waals surface area contributed by atoms with Crippen molar-refractivity contribution in [3.63, 3.8) is 0 Å². The molecule has 4 heteroatoms. The Kier molecular flexibility index (Phi) is 3.54. The van der Waals surface area contributed by atoms with Gasteiger partial charge in [0.15, 0.2) is 0 Å². The molecule has 1 aliphatic rings. The molecule has 4 nitrogen and oxygen atoms in total. The second kappa shape index (κ2) is 4.78. The molecule has 0 aliphatic carbocycles. The SMILES string of the molecule is Cc1cnc(C(C)N2CCCNC(C)(C)C2)o1. The van der Waals surface area contributed by atoms with Gasteiger partial charge in [-0.2, -0.15) is 0 Å². The van der Waals surface area contributed by atoms with Crippen LogP contribution in [-0.4, -0.2) is 35.1 Å². The highest BCUT2D eigenvalue weighted by Crippen LogP contribution is 2.23. The summed E-state index contributed by atoms with van der Waals surface area (Å²) in [5.41, 5.74) is 0.159. The van der Waals surface area contributed by atoms with E-state index in [0.29, 0.717) is 0 Å². The van der Waals surface area contributed by atoms with Crippen LogP contribution in [-0.2, 0) is 0 Å². The molecule has 1 aliphatic heterocycles. The Balaban J connectivity index is 2.10. The van der Waals surface area contributed by atoms with E-state index in [-0.39, 0.29) is 11.6 Å². The smallest absolute Gasteiger partial charge is 0.211 e. The predicted molar refractivity (Wildman–Crippen MR) is 67.9 cm³/mol. The van der Waals surface area contributed by atoms with Crippen molar-refractivity contribution in [2.24, 2.45) is 0 Å². The minimum Gasteiger partial charge on any atom is -0.444 e. The number of aromatic nitrogens is 1. The normalized spacial score (nSPS) is 23.3. The summed E-state index contributed by atoms with van der Waals surface area (Å²) in [5.74, 6) is 1.72.